The molecule has 9 heteroatoms. The van der Waals surface area contributed by atoms with E-state index in [0.717, 1.165) is 5.56 Å². The number of ether oxygens (including phenoxy) is 1. The third-order valence-electron chi connectivity index (χ3n) is 6.76. The van der Waals surface area contributed by atoms with Gasteiger partial charge in [0.25, 0.3) is 5.91 Å². The van der Waals surface area contributed by atoms with Crippen LogP contribution in [0.15, 0.2) is 72.8 Å². The van der Waals surface area contributed by atoms with Crippen LogP contribution < -0.4 is 5.32 Å². The smallest absolute Gasteiger partial charge is 0.324 e. The second-order valence-electron chi connectivity index (χ2n) is 8.94. The molecule has 1 atom stereocenters. The van der Waals surface area contributed by atoms with Crippen molar-refractivity contribution in [2.45, 2.75) is 12.3 Å². The SMILES string of the molecule is O=C(Nc1nc2cc(C3(O)c4ccccc4C(=O)N3Cc3ccccc3)ccc2[nH]1)N1CCOCC1. The third-order valence-corrected chi connectivity index (χ3v) is 6.76. The lowest BCUT2D eigenvalue weighted by molar-refractivity contribution is -0.0542. The summed E-state index contributed by atoms with van der Waals surface area (Å²) in [5.41, 5.74) is 2.01. The quantitative estimate of drug-likeness (QED) is 0.413. The highest BCUT2D eigenvalue weighted by Crippen LogP contribution is 2.43. The highest BCUT2D eigenvalue weighted by atomic mass is 16.5. The number of fused-ring (bicyclic) bond motifs is 2. The molecule has 36 heavy (non-hydrogen) atoms. The van der Waals surface area contributed by atoms with Crippen LogP contribution in [0.5, 0.6) is 0 Å². The zero-order valence-corrected chi connectivity index (χ0v) is 19.5. The van der Waals surface area contributed by atoms with Gasteiger partial charge in [-0.05, 0) is 23.8 Å². The number of morpholine rings is 1. The minimum Gasteiger partial charge on any atom is -0.378 e. The van der Waals surface area contributed by atoms with E-state index in [1.54, 1.807) is 41.3 Å². The highest BCUT2D eigenvalue weighted by molar-refractivity contribution is 6.00. The van der Waals surface area contributed by atoms with Gasteiger partial charge in [-0.25, -0.2) is 9.78 Å². The summed E-state index contributed by atoms with van der Waals surface area (Å²) in [4.78, 5) is 36.8. The molecule has 0 radical (unpaired) electrons. The number of carbonyl (C=O) groups is 2. The number of aromatic nitrogens is 2. The zero-order chi connectivity index (χ0) is 24.7. The van der Waals surface area contributed by atoms with Crippen molar-refractivity contribution in [3.05, 3.63) is 95.1 Å². The van der Waals surface area contributed by atoms with E-state index in [9.17, 15) is 14.7 Å². The molecule has 6 rings (SSSR count). The summed E-state index contributed by atoms with van der Waals surface area (Å²) in [7, 11) is 0. The standard InChI is InChI=1S/C27H25N5O4/c33-24-20-8-4-5-9-21(20)27(35,32(24)17-18-6-2-1-3-7-18)19-10-11-22-23(16-19)29-25(28-22)30-26(34)31-12-14-36-15-13-31/h1-11,16,35H,12-15,17H2,(H2,28,29,30,34). The molecular formula is C27H25N5O4. The third kappa shape index (κ3) is 3.69. The topological polar surface area (TPSA) is 111 Å². The second-order valence-corrected chi connectivity index (χ2v) is 8.94. The number of benzene rings is 3. The van der Waals surface area contributed by atoms with Crippen molar-refractivity contribution in [2.24, 2.45) is 0 Å². The fraction of sp³-hybridized carbons (Fsp3) is 0.222. The summed E-state index contributed by atoms with van der Waals surface area (Å²) in [6.45, 7) is 2.30. The summed E-state index contributed by atoms with van der Waals surface area (Å²) in [6.07, 6.45) is 0. The molecule has 1 saturated heterocycles. The first-order valence-corrected chi connectivity index (χ1v) is 11.9. The average molecular weight is 484 g/mol. The predicted octanol–water partition coefficient (Wildman–Crippen LogP) is 3.28. The Morgan fingerprint density at radius 3 is 2.61 bits per heavy atom. The van der Waals surface area contributed by atoms with Crippen LogP contribution in [0.25, 0.3) is 11.0 Å². The first-order chi connectivity index (χ1) is 17.5. The monoisotopic (exact) mass is 483 g/mol. The number of aliphatic hydroxyl groups is 1. The van der Waals surface area contributed by atoms with Gasteiger partial charge < -0.3 is 19.7 Å². The van der Waals surface area contributed by atoms with Gasteiger partial charge >= 0.3 is 6.03 Å². The number of nitrogens with one attached hydrogen (secondary N) is 2. The Morgan fingerprint density at radius 1 is 1.06 bits per heavy atom. The summed E-state index contributed by atoms with van der Waals surface area (Å²) in [6, 6.07) is 21.8. The van der Waals surface area contributed by atoms with Crippen molar-refractivity contribution < 1.29 is 19.4 Å². The molecule has 1 fully saturated rings. The van der Waals surface area contributed by atoms with Crippen LogP contribution in [0.1, 0.15) is 27.0 Å². The van der Waals surface area contributed by atoms with Crippen molar-refractivity contribution in [3.8, 4) is 0 Å². The Kier molecular flexibility index (Phi) is 5.43. The number of H-pyrrole nitrogens is 1. The van der Waals surface area contributed by atoms with Gasteiger partial charge in [0.05, 0.1) is 24.2 Å². The van der Waals surface area contributed by atoms with E-state index < -0.39 is 5.72 Å². The van der Waals surface area contributed by atoms with Crippen LogP contribution in [0.3, 0.4) is 0 Å². The molecular weight excluding hydrogens is 458 g/mol. The number of anilines is 1. The average Bonchev–Trinajstić information content (AvgIpc) is 3.42. The first-order valence-electron chi connectivity index (χ1n) is 11.9. The van der Waals surface area contributed by atoms with Gasteiger partial charge in [-0.1, -0.05) is 54.6 Å². The maximum Gasteiger partial charge on any atom is 0.324 e. The molecule has 2 aliphatic rings. The Balaban J connectivity index is 1.36. The van der Waals surface area contributed by atoms with Gasteiger partial charge in [-0.3, -0.25) is 15.0 Å². The molecule has 2 aliphatic heterocycles. The van der Waals surface area contributed by atoms with E-state index in [4.69, 9.17) is 4.74 Å². The number of nitrogens with zero attached hydrogens (tertiary/aromatic N) is 3. The molecule has 0 bridgehead atoms. The lowest BCUT2D eigenvalue weighted by Gasteiger charge is -2.35. The summed E-state index contributed by atoms with van der Waals surface area (Å²) >= 11 is 0. The number of urea groups is 1. The normalized spacial score (nSPS) is 19.5. The Bertz CT molecular complexity index is 1450. The maximum atomic E-state index is 13.4. The molecule has 0 spiro atoms. The van der Waals surface area contributed by atoms with Crippen LogP contribution in [-0.4, -0.2) is 63.1 Å². The van der Waals surface area contributed by atoms with E-state index in [0.29, 0.717) is 60.0 Å². The molecule has 0 aliphatic carbocycles. The molecule has 3 heterocycles. The molecule has 3 aromatic carbocycles. The summed E-state index contributed by atoms with van der Waals surface area (Å²) < 4.78 is 5.30. The molecule has 1 unspecified atom stereocenters. The molecule has 3 N–H and O–H groups in total. The Hall–Kier alpha value is -4.21. The highest BCUT2D eigenvalue weighted by Gasteiger charge is 2.49. The number of hydrogen-bond acceptors (Lipinski definition) is 5. The van der Waals surface area contributed by atoms with Crippen molar-refractivity contribution in [3.63, 3.8) is 0 Å². The number of imidazole rings is 1. The number of amides is 3. The van der Waals surface area contributed by atoms with Gasteiger partial charge in [0, 0.05) is 36.3 Å². The maximum absolute atomic E-state index is 13.4. The molecule has 9 nitrogen and oxygen atoms in total. The largest absolute Gasteiger partial charge is 0.378 e. The van der Waals surface area contributed by atoms with E-state index in [1.807, 2.05) is 36.4 Å². The Morgan fingerprint density at radius 2 is 1.81 bits per heavy atom. The first kappa shape index (κ1) is 22.3. The molecule has 1 aromatic heterocycles. The van der Waals surface area contributed by atoms with E-state index in [1.165, 1.54) is 4.90 Å². The van der Waals surface area contributed by atoms with Crippen LogP contribution >= 0.6 is 0 Å². The molecule has 3 amide bonds. The molecule has 4 aromatic rings. The minimum absolute atomic E-state index is 0.238. The molecule has 182 valence electrons. The lowest BCUT2D eigenvalue weighted by Crippen LogP contribution is -2.44. The fourth-order valence-electron chi connectivity index (χ4n) is 4.90. The van der Waals surface area contributed by atoms with Gasteiger partial charge in [0.2, 0.25) is 5.95 Å². The van der Waals surface area contributed by atoms with Crippen molar-refractivity contribution in [1.82, 2.24) is 19.8 Å². The van der Waals surface area contributed by atoms with Crippen LogP contribution in [0.4, 0.5) is 10.7 Å². The van der Waals surface area contributed by atoms with Crippen LogP contribution in [0, 0.1) is 0 Å². The van der Waals surface area contributed by atoms with Crippen LogP contribution in [0.2, 0.25) is 0 Å². The van der Waals surface area contributed by atoms with Gasteiger partial charge in [-0.2, -0.15) is 0 Å². The number of aromatic amines is 1. The van der Waals surface area contributed by atoms with E-state index >= 15 is 0 Å². The van der Waals surface area contributed by atoms with E-state index in [-0.39, 0.29) is 18.5 Å². The summed E-state index contributed by atoms with van der Waals surface area (Å²) in [5, 5.41) is 15.0. The number of carbonyl (C=O) groups excluding carboxylic acids is 2. The number of hydrogen-bond donors (Lipinski definition) is 3. The Labute approximate surface area is 207 Å². The predicted molar refractivity (Wildman–Crippen MR) is 133 cm³/mol. The minimum atomic E-state index is -1.67. The summed E-state index contributed by atoms with van der Waals surface area (Å²) in [5.74, 6) is 0.0761. The lowest BCUT2D eigenvalue weighted by atomic mass is 9.93. The van der Waals surface area contributed by atoms with E-state index in [2.05, 4.69) is 15.3 Å². The molecule has 0 saturated carbocycles. The van der Waals surface area contributed by atoms with Crippen molar-refractivity contribution in [1.29, 1.82) is 0 Å². The second kappa shape index (κ2) is 8.78. The van der Waals surface area contributed by atoms with Crippen LogP contribution in [-0.2, 0) is 17.0 Å². The van der Waals surface area contributed by atoms with Gasteiger partial charge in [-0.15, -0.1) is 0 Å². The van der Waals surface area contributed by atoms with Gasteiger partial charge in [0.15, 0.2) is 5.72 Å². The zero-order valence-electron chi connectivity index (χ0n) is 19.5. The van der Waals surface area contributed by atoms with Crippen molar-refractivity contribution in [2.75, 3.05) is 31.6 Å². The van der Waals surface area contributed by atoms with Crippen molar-refractivity contribution >= 4 is 28.9 Å². The van der Waals surface area contributed by atoms with Gasteiger partial charge in [0.1, 0.15) is 0 Å². The number of rotatable bonds is 4. The fourth-order valence-corrected chi connectivity index (χ4v) is 4.90.